The first-order valence-electron chi connectivity index (χ1n) is 21.9. The molecule has 0 saturated carbocycles. The predicted octanol–water partition coefficient (Wildman–Crippen LogP) is 2.96. The molecule has 0 spiro atoms. The van der Waals surface area contributed by atoms with E-state index in [1.165, 1.54) is 33.7 Å². The number of fused-ring (bicyclic) bond motifs is 1. The number of nitrogens with two attached hydrogens (primary N) is 2. The predicted molar refractivity (Wildman–Crippen MR) is 253 cm³/mol. The molecule has 1 fully saturated rings. The Bertz CT molecular complexity index is 2260. The fourth-order valence-corrected chi connectivity index (χ4v) is 9.91. The van der Waals surface area contributed by atoms with E-state index in [0.29, 0.717) is 36.9 Å². The van der Waals surface area contributed by atoms with Crippen LogP contribution in [-0.2, 0) is 52.8 Å². The molecule has 4 aromatic rings. The lowest BCUT2D eigenvalue weighted by Crippen LogP contribution is -2.60. The number of Topliss-reactive ketones (excluding diaryl/α,β-unsaturated/α-hetero) is 1. The fourth-order valence-electron chi connectivity index (χ4n) is 7.43. The number of hydrogen-bond donors (Lipinski definition) is 9. The summed E-state index contributed by atoms with van der Waals surface area (Å²) < 4.78 is 0. The van der Waals surface area contributed by atoms with Crippen LogP contribution in [0.5, 0.6) is 5.75 Å². The van der Waals surface area contributed by atoms with Crippen molar-refractivity contribution in [3.8, 4) is 5.75 Å². The summed E-state index contributed by atoms with van der Waals surface area (Å²) in [5.74, 6) is -5.59. The molecule has 0 radical (unpaired) electrons. The third-order valence-electron chi connectivity index (χ3n) is 11.2. The summed E-state index contributed by atoms with van der Waals surface area (Å²) in [5, 5.41) is 24.9. The molecule has 1 aromatic heterocycles. The molecule has 5 rings (SSSR count). The maximum Gasteiger partial charge on any atom is 0.243 e. The smallest absolute Gasteiger partial charge is 0.243 e. The van der Waals surface area contributed by atoms with Crippen LogP contribution < -0.4 is 38.1 Å². The molecule has 6 atom stereocenters. The van der Waals surface area contributed by atoms with E-state index in [0.717, 1.165) is 16.5 Å². The Hall–Kier alpha value is -5.85. The molecule has 65 heavy (non-hydrogen) atoms. The molecule has 6 amide bonds. The van der Waals surface area contributed by atoms with Gasteiger partial charge in [-0.3, -0.25) is 33.6 Å². The van der Waals surface area contributed by atoms with Gasteiger partial charge >= 0.3 is 0 Å². The van der Waals surface area contributed by atoms with Crippen molar-refractivity contribution < 1.29 is 38.7 Å². The van der Waals surface area contributed by atoms with Gasteiger partial charge in [0.1, 0.15) is 41.7 Å². The van der Waals surface area contributed by atoms with Crippen LogP contribution in [0, 0.1) is 11.8 Å². The second-order valence-electron chi connectivity index (χ2n) is 16.6. The van der Waals surface area contributed by atoms with Gasteiger partial charge in [-0.15, -0.1) is 0 Å². The monoisotopic (exact) mass is 928 g/mol. The summed E-state index contributed by atoms with van der Waals surface area (Å²) in [6.07, 6.45) is 3.30. The van der Waals surface area contributed by atoms with Crippen LogP contribution in [-0.4, -0.2) is 99.6 Å². The number of aromatic nitrogens is 1. The van der Waals surface area contributed by atoms with Crippen LogP contribution in [0.1, 0.15) is 62.6 Å². The summed E-state index contributed by atoms with van der Waals surface area (Å²) >= 11 is 0. The number of carbonyl (C=O) groups is 7. The molecule has 16 nitrogen and oxygen atoms in total. The second-order valence-corrected chi connectivity index (χ2v) is 19.1. The topological polar surface area (TPSA) is 268 Å². The number of phenolic OH excluding ortho intramolecular Hbond substituents is 1. The zero-order chi connectivity index (χ0) is 46.9. The minimum absolute atomic E-state index is 0.000395. The Labute approximate surface area is 386 Å². The highest BCUT2D eigenvalue weighted by molar-refractivity contribution is 8.76. The number of rotatable bonds is 15. The van der Waals surface area contributed by atoms with Crippen LogP contribution in [0.2, 0.25) is 0 Å². The van der Waals surface area contributed by atoms with Crippen LogP contribution >= 0.6 is 21.6 Å². The highest BCUT2D eigenvalue weighted by Crippen LogP contribution is 2.28. The molecule has 0 unspecified atom stereocenters. The van der Waals surface area contributed by atoms with E-state index in [4.69, 9.17) is 11.5 Å². The standard InChI is InChI=1S/C47H60N8O8S2/c1-28(2)41-47(63)54-40(42(49)58)27-65-64-26-32(23-34(57)20-15-29-10-4-3-5-11-29)43(59)52-38(22-30-16-18-33(56)19-17-30)45(61)53-39(24-31-25-50-36-13-7-6-12-35(31)36)46(62)51-37(44(60)55-41)14-8-9-21-48/h3-7,10-13,16-19,25,28,32,37-41,50,56H,8-9,14-15,20-24,26-27,48H2,1-2H3,(H2,49,58)(H,51,62)(H,52,59)(H,53,61)(H,54,63)(H,55,60)/t32-,37-,38-,39+,40-,41-/m0/s1. The maximum atomic E-state index is 14.6. The number of primary amides is 1. The zero-order valence-corrected chi connectivity index (χ0v) is 38.3. The summed E-state index contributed by atoms with van der Waals surface area (Å²) in [5.41, 5.74) is 14.6. The third-order valence-corrected chi connectivity index (χ3v) is 13.7. The first kappa shape index (κ1) is 50.2. The molecule has 1 saturated heterocycles. The van der Waals surface area contributed by atoms with Gasteiger partial charge in [0.2, 0.25) is 35.4 Å². The number of unbranched alkanes of at least 4 members (excludes halogenated alkanes) is 1. The number of amides is 6. The molecule has 0 bridgehead atoms. The van der Waals surface area contributed by atoms with Gasteiger partial charge < -0.3 is 48.1 Å². The van der Waals surface area contributed by atoms with E-state index in [9.17, 15) is 38.7 Å². The van der Waals surface area contributed by atoms with Crippen LogP contribution in [0.3, 0.4) is 0 Å². The number of ketones is 1. The van der Waals surface area contributed by atoms with Crippen molar-refractivity contribution in [2.45, 2.75) is 95.4 Å². The van der Waals surface area contributed by atoms with Crippen molar-refractivity contribution in [3.05, 3.63) is 102 Å². The SMILES string of the molecule is CC(C)[C@@H]1NC(=O)[C@H](CCCCN)NC(=O)[C@@H](Cc2c[nH]c3ccccc23)NC(=O)[C@H](Cc2ccc(O)cc2)NC(=O)[C@@H](CC(=O)CCc2ccccc2)CSSC[C@@H](C(N)=O)NC1=O. The molecule has 348 valence electrons. The number of benzene rings is 3. The first-order valence-corrected chi connectivity index (χ1v) is 24.3. The fraction of sp³-hybridized carbons (Fsp3) is 0.426. The molecule has 3 aromatic carbocycles. The van der Waals surface area contributed by atoms with Gasteiger partial charge in [0, 0.05) is 54.3 Å². The van der Waals surface area contributed by atoms with Crippen molar-refractivity contribution in [1.82, 2.24) is 31.6 Å². The maximum absolute atomic E-state index is 14.6. The second kappa shape index (κ2) is 25.0. The summed E-state index contributed by atoms with van der Waals surface area (Å²) in [6.45, 7) is 3.78. The third kappa shape index (κ3) is 15.4. The number of phenols is 1. The van der Waals surface area contributed by atoms with Gasteiger partial charge in [0.05, 0.1) is 5.92 Å². The molecular weight excluding hydrogens is 869 g/mol. The van der Waals surface area contributed by atoms with Gasteiger partial charge in [-0.25, -0.2) is 0 Å². The molecular formula is C47H60N8O8S2. The molecule has 11 N–H and O–H groups in total. The lowest BCUT2D eigenvalue weighted by Gasteiger charge is -2.29. The van der Waals surface area contributed by atoms with Gasteiger partial charge in [0.25, 0.3) is 0 Å². The molecule has 1 aliphatic heterocycles. The summed E-state index contributed by atoms with van der Waals surface area (Å²) in [6, 6.07) is 17.1. The average molecular weight is 929 g/mol. The highest BCUT2D eigenvalue weighted by atomic mass is 33.1. The zero-order valence-electron chi connectivity index (χ0n) is 36.7. The van der Waals surface area contributed by atoms with Crippen LogP contribution in [0.4, 0.5) is 0 Å². The lowest BCUT2D eigenvalue weighted by molar-refractivity contribution is -0.135. The Morgan fingerprint density at radius 3 is 2.03 bits per heavy atom. The Morgan fingerprint density at radius 1 is 0.708 bits per heavy atom. The Balaban J connectivity index is 1.53. The van der Waals surface area contributed by atoms with Crippen molar-refractivity contribution in [2.75, 3.05) is 18.1 Å². The summed E-state index contributed by atoms with van der Waals surface area (Å²) in [7, 11) is 2.38. The van der Waals surface area contributed by atoms with E-state index in [1.54, 1.807) is 32.2 Å². The highest BCUT2D eigenvalue weighted by Gasteiger charge is 2.35. The van der Waals surface area contributed by atoms with Gasteiger partial charge in [-0.1, -0.05) is 96.1 Å². The molecule has 2 heterocycles. The van der Waals surface area contributed by atoms with E-state index < -0.39 is 77.5 Å². The van der Waals surface area contributed by atoms with E-state index >= 15 is 0 Å². The number of nitrogens with one attached hydrogen (secondary N) is 6. The quantitative estimate of drug-likeness (QED) is 0.0618. The van der Waals surface area contributed by atoms with Crippen molar-refractivity contribution in [2.24, 2.45) is 23.3 Å². The largest absolute Gasteiger partial charge is 0.508 e. The van der Waals surface area contributed by atoms with Crippen LogP contribution in [0.15, 0.2) is 85.1 Å². The van der Waals surface area contributed by atoms with Gasteiger partial charge in [-0.2, -0.15) is 0 Å². The molecule has 0 aliphatic carbocycles. The minimum Gasteiger partial charge on any atom is -0.508 e. The number of aryl methyl sites for hydroxylation is 1. The number of hydrogen-bond acceptors (Lipinski definition) is 11. The van der Waals surface area contributed by atoms with E-state index in [1.807, 2.05) is 54.6 Å². The van der Waals surface area contributed by atoms with Gasteiger partial charge in [-0.05, 0) is 73.0 Å². The number of H-pyrrole nitrogens is 1. The van der Waals surface area contributed by atoms with E-state index in [2.05, 4.69) is 31.6 Å². The number of aromatic amines is 1. The molecule has 1 aliphatic rings. The first-order chi connectivity index (χ1) is 31.2. The average Bonchev–Trinajstić information content (AvgIpc) is 3.70. The van der Waals surface area contributed by atoms with Crippen molar-refractivity contribution in [3.63, 3.8) is 0 Å². The lowest BCUT2D eigenvalue weighted by atomic mass is 9.97. The van der Waals surface area contributed by atoms with Gasteiger partial charge in [0.15, 0.2) is 0 Å². The number of aromatic hydroxyl groups is 1. The van der Waals surface area contributed by atoms with Crippen molar-refractivity contribution in [1.29, 1.82) is 0 Å². The Kier molecular flexibility index (Phi) is 19.3. The Morgan fingerprint density at radius 2 is 1.34 bits per heavy atom. The van der Waals surface area contributed by atoms with Crippen LogP contribution in [0.25, 0.3) is 10.9 Å². The summed E-state index contributed by atoms with van der Waals surface area (Å²) in [4.78, 5) is 101. The normalized spacial score (nSPS) is 22.0. The number of para-hydroxylation sites is 1. The van der Waals surface area contributed by atoms with E-state index in [-0.39, 0.29) is 55.1 Å². The van der Waals surface area contributed by atoms with Crippen molar-refractivity contribution >= 4 is 73.7 Å². The number of carbonyl (C=O) groups excluding carboxylic acids is 7. The minimum atomic E-state index is -1.28. The molecule has 18 heteroatoms.